The van der Waals surface area contributed by atoms with Gasteiger partial charge in [0.25, 0.3) is 0 Å². The number of nitrogens with zero attached hydrogens (tertiary/aromatic N) is 1. The van der Waals surface area contributed by atoms with E-state index in [1.165, 1.54) is 66.8 Å². The molecule has 0 fully saturated rings. The van der Waals surface area contributed by atoms with Crippen LogP contribution in [0.3, 0.4) is 0 Å². The van der Waals surface area contributed by atoms with Gasteiger partial charge in [0.15, 0.2) is 0 Å². The molecule has 0 aliphatic heterocycles. The van der Waals surface area contributed by atoms with Crippen LogP contribution in [-0.2, 0) is 10.8 Å². The Labute approximate surface area is 312 Å². The molecule has 0 unspecified atom stereocenters. The summed E-state index contributed by atoms with van der Waals surface area (Å²) >= 11 is 0. The van der Waals surface area contributed by atoms with Gasteiger partial charge in [-0.15, -0.1) is 0 Å². The molecule has 10 rings (SSSR count). The molecule has 0 saturated heterocycles. The van der Waals surface area contributed by atoms with Crippen LogP contribution in [0.15, 0.2) is 200 Å². The zero-order valence-electron chi connectivity index (χ0n) is 30.0. The van der Waals surface area contributed by atoms with E-state index in [2.05, 4.69) is 219 Å². The Balaban J connectivity index is 1.25. The van der Waals surface area contributed by atoms with Crippen LogP contribution < -0.4 is 4.90 Å². The first-order valence-electron chi connectivity index (χ1n) is 18.6. The van der Waals surface area contributed by atoms with Crippen LogP contribution in [0.2, 0.25) is 0 Å². The van der Waals surface area contributed by atoms with Crippen molar-refractivity contribution < 1.29 is 0 Å². The summed E-state index contributed by atoms with van der Waals surface area (Å²) in [5.41, 5.74) is 18.4. The summed E-state index contributed by atoms with van der Waals surface area (Å²) in [7, 11) is 0. The van der Waals surface area contributed by atoms with Crippen molar-refractivity contribution in [2.75, 3.05) is 4.90 Å². The predicted octanol–water partition coefficient (Wildman–Crippen LogP) is 13.5. The molecule has 0 amide bonds. The number of para-hydroxylation sites is 1. The molecule has 0 N–H and O–H groups in total. The van der Waals surface area contributed by atoms with Gasteiger partial charge in [-0.2, -0.15) is 0 Å². The Morgan fingerprint density at radius 1 is 0.302 bits per heavy atom. The largest absolute Gasteiger partial charge is 0.310 e. The van der Waals surface area contributed by atoms with Gasteiger partial charge in [-0.1, -0.05) is 178 Å². The third kappa shape index (κ3) is 4.64. The number of hydrogen-bond acceptors (Lipinski definition) is 1. The van der Waals surface area contributed by atoms with Crippen molar-refractivity contribution in [1.29, 1.82) is 0 Å². The van der Waals surface area contributed by atoms with Crippen LogP contribution >= 0.6 is 0 Å². The summed E-state index contributed by atoms with van der Waals surface area (Å²) < 4.78 is 0. The maximum absolute atomic E-state index is 2.49. The highest BCUT2D eigenvalue weighted by molar-refractivity contribution is 5.93. The predicted molar refractivity (Wildman–Crippen MR) is 221 cm³/mol. The van der Waals surface area contributed by atoms with Crippen LogP contribution in [0.1, 0.15) is 47.2 Å². The second-order valence-corrected chi connectivity index (χ2v) is 14.9. The van der Waals surface area contributed by atoms with E-state index in [9.17, 15) is 0 Å². The maximum Gasteiger partial charge on any atom is 0.0720 e. The van der Waals surface area contributed by atoms with E-state index in [1.54, 1.807) is 0 Å². The average Bonchev–Trinajstić information content (AvgIpc) is 3.51. The number of rotatable bonds is 5. The second kappa shape index (κ2) is 12.1. The molecule has 0 bridgehead atoms. The van der Waals surface area contributed by atoms with E-state index in [-0.39, 0.29) is 5.41 Å². The normalized spacial score (nSPS) is 14.2. The molecular formula is C52H39N. The van der Waals surface area contributed by atoms with Gasteiger partial charge in [0.05, 0.1) is 5.41 Å². The first-order chi connectivity index (χ1) is 26.1. The van der Waals surface area contributed by atoms with E-state index < -0.39 is 5.41 Å². The van der Waals surface area contributed by atoms with Crippen molar-refractivity contribution in [3.8, 4) is 33.4 Å². The van der Waals surface area contributed by atoms with E-state index >= 15 is 0 Å². The molecule has 2 aliphatic rings. The zero-order chi connectivity index (χ0) is 35.6. The number of fused-ring (bicyclic) bond motifs is 9. The van der Waals surface area contributed by atoms with E-state index in [0.717, 1.165) is 17.1 Å². The highest BCUT2D eigenvalue weighted by Crippen LogP contribution is 2.62. The fourth-order valence-corrected chi connectivity index (χ4v) is 9.41. The van der Waals surface area contributed by atoms with Crippen molar-refractivity contribution in [2.24, 2.45) is 0 Å². The van der Waals surface area contributed by atoms with Gasteiger partial charge in [0, 0.05) is 22.5 Å². The molecule has 0 aromatic heterocycles. The quantitative estimate of drug-likeness (QED) is 0.175. The van der Waals surface area contributed by atoms with Crippen molar-refractivity contribution in [1.82, 2.24) is 0 Å². The van der Waals surface area contributed by atoms with Crippen LogP contribution in [0.5, 0.6) is 0 Å². The molecule has 0 radical (unpaired) electrons. The summed E-state index contributed by atoms with van der Waals surface area (Å²) in [4.78, 5) is 2.43. The SMILES string of the molecule is CC1(C)c2ccccc2C2(c3ccccc3-c3ccc(N(c4ccccc4)c4ccc(-c5ccccc5)c(-c5ccccc5)c4)cc32)c2ccccc21. The third-order valence-corrected chi connectivity index (χ3v) is 11.7. The van der Waals surface area contributed by atoms with Crippen molar-refractivity contribution in [3.63, 3.8) is 0 Å². The minimum atomic E-state index is -0.459. The van der Waals surface area contributed by atoms with E-state index in [4.69, 9.17) is 0 Å². The lowest BCUT2D eigenvalue weighted by Gasteiger charge is -2.46. The monoisotopic (exact) mass is 677 g/mol. The fraction of sp³-hybridized carbons (Fsp3) is 0.0769. The molecule has 1 spiro atoms. The highest BCUT2D eigenvalue weighted by atomic mass is 15.1. The van der Waals surface area contributed by atoms with Crippen molar-refractivity contribution in [3.05, 3.63) is 234 Å². The molecular weight excluding hydrogens is 639 g/mol. The van der Waals surface area contributed by atoms with Crippen molar-refractivity contribution >= 4 is 17.1 Å². The first kappa shape index (κ1) is 31.3. The smallest absolute Gasteiger partial charge is 0.0720 e. The molecule has 252 valence electrons. The lowest BCUT2D eigenvalue weighted by Crippen LogP contribution is -2.40. The van der Waals surface area contributed by atoms with Crippen LogP contribution in [-0.4, -0.2) is 0 Å². The zero-order valence-corrected chi connectivity index (χ0v) is 30.0. The summed E-state index contributed by atoms with van der Waals surface area (Å²) in [6, 6.07) is 73.9. The molecule has 0 saturated carbocycles. The van der Waals surface area contributed by atoms with Gasteiger partial charge >= 0.3 is 0 Å². The number of benzene rings is 8. The third-order valence-electron chi connectivity index (χ3n) is 11.7. The molecule has 0 heterocycles. The summed E-state index contributed by atoms with van der Waals surface area (Å²) in [5, 5.41) is 0. The Hall–Kier alpha value is -6.44. The molecule has 0 atom stereocenters. The average molecular weight is 678 g/mol. The van der Waals surface area contributed by atoms with Crippen molar-refractivity contribution in [2.45, 2.75) is 24.7 Å². The van der Waals surface area contributed by atoms with Gasteiger partial charge in [-0.05, 0) is 103 Å². The van der Waals surface area contributed by atoms with Gasteiger partial charge in [-0.25, -0.2) is 0 Å². The number of hydrogen-bond donors (Lipinski definition) is 0. The van der Waals surface area contributed by atoms with Gasteiger partial charge in [-0.3, -0.25) is 0 Å². The topological polar surface area (TPSA) is 3.24 Å². The Kier molecular flexibility index (Phi) is 7.13. The van der Waals surface area contributed by atoms with Crippen LogP contribution in [0, 0.1) is 0 Å². The van der Waals surface area contributed by atoms with Gasteiger partial charge < -0.3 is 4.90 Å². The Morgan fingerprint density at radius 2 is 0.736 bits per heavy atom. The summed E-state index contributed by atoms with van der Waals surface area (Å²) in [5.74, 6) is 0. The molecule has 8 aromatic rings. The van der Waals surface area contributed by atoms with Gasteiger partial charge in [0.2, 0.25) is 0 Å². The molecule has 2 aliphatic carbocycles. The van der Waals surface area contributed by atoms with Crippen LogP contribution in [0.4, 0.5) is 17.1 Å². The highest BCUT2D eigenvalue weighted by Gasteiger charge is 2.53. The van der Waals surface area contributed by atoms with E-state index in [1.807, 2.05) is 0 Å². The first-order valence-corrected chi connectivity index (χ1v) is 18.6. The fourth-order valence-electron chi connectivity index (χ4n) is 9.41. The second-order valence-electron chi connectivity index (χ2n) is 14.9. The maximum atomic E-state index is 2.49. The minimum Gasteiger partial charge on any atom is -0.310 e. The number of anilines is 3. The minimum absolute atomic E-state index is 0.141. The lowest BCUT2D eigenvalue weighted by atomic mass is 9.55. The Morgan fingerprint density at radius 3 is 1.34 bits per heavy atom. The molecule has 8 aromatic carbocycles. The van der Waals surface area contributed by atoms with E-state index in [0.29, 0.717) is 0 Å². The Bertz CT molecular complexity index is 2590. The molecule has 53 heavy (non-hydrogen) atoms. The molecule has 1 heteroatoms. The standard InChI is InChI=1S/C52H39N/c1-51(2)46-26-14-16-28-48(46)52(49-29-17-15-27-47(49)51)45-25-13-12-24-42(45)43-33-31-40(35-50(43)52)53(38-22-10-5-11-23-38)39-30-32-41(36-18-6-3-7-19-36)44(34-39)37-20-8-4-9-21-37/h3-35H,1-2H3. The summed E-state index contributed by atoms with van der Waals surface area (Å²) in [6.45, 7) is 4.77. The lowest BCUT2D eigenvalue weighted by molar-refractivity contribution is 0.563. The molecule has 1 nitrogen and oxygen atoms in total. The van der Waals surface area contributed by atoms with Crippen LogP contribution in [0.25, 0.3) is 33.4 Å². The summed E-state index contributed by atoms with van der Waals surface area (Å²) in [6.07, 6.45) is 0. The van der Waals surface area contributed by atoms with Gasteiger partial charge in [0.1, 0.15) is 0 Å².